The molecule has 0 fully saturated rings. The molecule has 2 N–H and O–H groups in total. The molecule has 1 aromatic heterocycles. The van der Waals surface area contributed by atoms with Crippen molar-refractivity contribution in [2.24, 2.45) is 5.41 Å². The maximum Gasteiger partial charge on any atom is 0.310 e. The Morgan fingerprint density at radius 3 is 2.86 bits per heavy atom. The number of aliphatic carboxylic acids is 1. The molecule has 1 heterocycles. The second-order valence-electron chi connectivity index (χ2n) is 3.92. The van der Waals surface area contributed by atoms with Crippen LogP contribution >= 0.6 is 11.3 Å². The van der Waals surface area contributed by atoms with Crippen LogP contribution in [0.4, 0.5) is 0 Å². The van der Waals surface area contributed by atoms with E-state index in [0.29, 0.717) is 6.54 Å². The highest BCUT2D eigenvalue weighted by atomic mass is 32.1. The van der Waals surface area contributed by atoms with Gasteiger partial charge >= 0.3 is 5.97 Å². The molecule has 0 radical (unpaired) electrons. The zero-order chi connectivity index (χ0) is 10.6. The summed E-state index contributed by atoms with van der Waals surface area (Å²) in [5, 5.41) is 16.1. The average molecular weight is 213 g/mol. The minimum absolute atomic E-state index is 0.484. The molecule has 1 aromatic rings. The van der Waals surface area contributed by atoms with Crippen molar-refractivity contribution in [3.8, 4) is 0 Å². The molecule has 0 saturated carbocycles. The quantitative estimate of drug-likeness (QED) is 0.786. The van der Waals surface area contributed by atoms with Gasteiger partial charge in [0, 0.05) is 13.1 Å². The lowest BCUT2D eigenvalue weighted by atomic mass is 9.94. The van der Waals surface area contributed by atoms with E-state index in [1.807, 2.05) is 11.4 Å². The van der Waals surface area contributed by atoms with Gasteiger partial charge in [0.05, 0.1) is 5.41 Å². The van der Waals surface area contributed by atoms with Crippen molar-refractivity contribution < 1.29 is 9.90 Å². The molecule has 3 nitrogen and oxygen atoms in total. The molecule has 14 heavy (non-hydrogen) atoms. The third kappa shape index (κ3) is 3.12. The number of carboxylic acid groups (broad SMARTS) is 1. The monoisotopic (exact) mass is 213 g/mol. The van der Waals surface area contributed by atoms with Crippen molar-refractivity contribution in [3.05, 3.63) is 22.4 Å². The zero-order valence-corrected chi connectivity index (χ0v) is 9.23. The summed E-state index contributed by atoms with van der Waals surface area (Å²) in [4.78, 5) is 10.8. The van der Waals surface area contributed by atoms with E-state index in [4.69, 9.17) is 5.11 Å². The fraction of sp³-hybridized carbons (Fsp3) is 0.500. The lowest BCUT2D eigenvalue weighted by Gasteiger charge is -2.19. The first kappa shape index (κ1) is 11.2. The Kier molecular flexibility index (Phi) is 3.66. The summed E-state index contributed by atoms with van der Waals surface area (Å²) in [5.74, 6) is -0.768. The predicted molar refractivity (Wildman–Crippen MR) is 57.4 cm³/mol. The molecule has 78 valence electrons. The second-order valence-corrected chi connectivity index (χ2v) is 4.70. The number of hydrogen-bond acceptors (Lipinski definition) is 3. The maximum absolute atomic E-state index is 10.8. The number of thiophene rings is 1. The Hall–Kier alpha value is -0.870. The molecular weight excluding hydrogens is 198 g/mol. The minimum Gasteiger partial charge on any atom is -0.481 e. The summed E-state index contributed by atoms with van der Waals surface area (Å²) >= 11 is 1.65. The van der Waals surface area contributed by atoms with Crippen LogP contribution in [0.3, 0.4) is 0 Å². The normalized spacial score (nSPS) is 11.6. The molecule has 0 aliphatic rings. The first-order valence-corrected chi connectivity index (χ1v) is 5.42. The van der Waals surface area contributed by atoms with Crippen LogP contribution in [0.1, 0.15) is 19.4 Å². The molecule has 4 heteroatoms. The van der Waals surface area contributed by atoms with Gasteiger partial charge in [-0.3, -0.25) is 4.79 Å². The number of hydrogen-bond donors (Lipinski definition) is 2. The molecule has 0 aliphatic heterocycles. The van der Waals surface area contributed by atoms with Crippen molar-refractivity contribution in [2.75, 3.05) is 6.54 Å². The molecular formula is C10H15NO2S. The number of carbonyl (C=O) groups is 1. The Morgan fingerprint density at radius 2 is 2.36 bits per heavy atom. The van der Waals surface area contributed by atoms with Crippen LogP contribution in [0.2, 0.25) is 0 Å². The lowest BCUT2D eigenvalue weighted by Crippen LogP contribution is -2.35. The van der Waals surface area contributed by atoms with Gasteiger partial charge in [-0.05, 0) is 36.2 Å². The standard InChI is InChI=1S/C10H15NO2S/c1-10(2,9(12)13)7-11-5-8-3-4-14-6-8/h3-4,6,11H,5,7H2,1-2H3,(H,12,13). The number of nitrogens with one attached hydrogen (secondary N) is 1. The smallest absolute Gasteiger partial charge is 0.310 e. The molecule has 0 atom stereocenters. The van der Waals surface area contributed by atoms with Gasteiger partial charge in [0.15, 0.2) is 0 Å². The van der Waals surface area contributed by atoms with Crippen molar-refractivity contribution in [2.45, 2.75) is 20.4 Å². The number of carboxylic acids is 1. The van der Waals surface area contributed by atoms with Crippen LogP contribution in [0.25, 0.3) is 0 Å². The van der Waals surface area contributed by atoms with Crippen molar-refractivity contribution in [1.82, 2.24) is 5.32 Å². The lowest BCUT2D eigenvalue weighted by molar-refractivity contribution is -0.146. The molecule has 0 bridgehead atoms. The molecule has 0 aromatic carbocycles. The third-order valence-corrected chi connectivity index (χ3v) is 2.79. The highest BCUT2D eigenvalue weighted by Crippen LogP contribution is 2.13. The minimum atomic E-state index is -0.768. The van der Waals surface area contributed by atoms with E-state index in [0.717, 1.165) is 6.54 Å². The fourth-order valence-corrected chi connectivity index (χ4v) is 1.66. The van der Waals surface area contributed by atoms with Gasteiger partial charge < -0.3 is 10.4 Å². The Labute approximate surface area is 87.8 Å². The summed E-state index contributed by atoms with van der Waals surface area (Å²) in [6.45, 7) is 4.66. The van der Waals surface area contributed by atoms with Gasteiger partial charge in [-0.15, -0.1) is 0 Å². The van der Waals surface area contributed by atoms with Crippen LogP contribution in [0.5, 0.6) is 0 Å². The second kappa shape index (κ2) is 4.57. The molecule has 1 rings (SSSR count). The summed E-state index contributed by atoms with van der Waals surface area (Å²) in [6.07, 6.45) is 0. The van der Waals surface area contributed by atoms with Crippen molar-refractivity contribution in [3.63, 3.8) is 0 Å². The van der Waals surface area contributed by atoms with E-state index < -0.39 is 11.4 Å². The highest BCUT2D eigenvalue weighted by Gasteiger charge is 2.26. The largest absolute Gasteiger partial charge is 0.481 e. The summed E-state index contributed by atoms with van der Waals surface area (Å²) in [7, 11) is 0. The molecule has 0 amide bonds. The highest BCUT2D eigenvalue weighted by molar-refractivity contribution is 7.07. The molecule has 0 unspecified atom stereocenters. The Bertz CT molecular complexity index is 293. The summed E-state index contributed by atoms with van der Waals surface area (Å²) in [5.41, 5.74) is 0.506. The predicted octanol–water partition coefficient (Wildman–Crippen LogP) is 1.95. The Balaban J connectivity index is 2.31. The molecule has 0 spiro atoms. The molecule has 0 aliphatic carbocycles. The average Bonchev–Trinajstić information content (AvgIpc) is 2.56. The van der Waals surface area contributed by atoms with E-state index in [-0.39, 0.29) is 0 Å². The Morgan fingerprint density at radius 1 is 1.64 bits per heavy atom. The van der Waals surface area contributed by atoms with E-state index in [1.165, 1.54) is 5.56 Å². The van der Waals surface area contributed by atoms with Crippen LogP contribution in [0.15, 0.2) is 16.8 Å². The summed E-state index contributed by atoms with van der Waals surface area (Å²) in [6, 6.07) is 2.03. The zero-order valence-electron chi connectivity index (χ0n) is 8.41. The van der Waals surface area contributed by atoms with Crippen LogP contribution < -0.4 is 5.32 Å². The van der Waals surface area contributed by atoms with E-state index >= 15 is 0 Å². The van der Waals surface area contributed by atoms with Crippen LogP contribution in [0, 0.1) is 5.41 Å². The van der Waals surface area contributed by atoms with E-state index in [1.54, 1.807) is 25.2 Å². The number of rotatable bonds is 5. The third-order valence-electron chi connectivity index (χ3n) is 2.06. The first-order valence-electron chi connectivity index (χ1n) is 4.47. The first-order chi connectivity index (χ1) is 6.52. The summed E-state index contributed by atoms with van der Waals surface area (Å²) < 4.78 is 0. The SMILES string of the molecule is CC(C)(CNCc1ccsc1)C(=O)O. The van der Waals surface area contributed by atoms with Gasteiger partial charge in [0.25, 0.3) is 0 Å². The fourth-order valence-electron chi connectivity index (χ4n) is 0.988. The van der Waals surface area contributed by atoms with Gasteiger partial charge in [0.2, 0.25) is 0 Å². The maximum atomic E-state index is 10.8. The van der Waals surface area contributed by atoms with Crippen molar-refractivity contribution in [1.29, 1.82) is 0 Å². The van der Waals surface area contributed by atoms with Crippen molar-refractivity contribution >= 4 is 17.3 Å². The van der Waals surface area contributed by atoms with Gasteiger partial charge in [-0.2, -0.15) is 11.3 Å². The topological polar surface area (TPSA) is 49.3 Å². The van der Waals surface area contributed by atoms with Gasteiger partial charge in [-0.25, -0.2) is 0 Å². The molecule has 0 saturated heterocycles. The van der Waals surface area contributed by atoms with Gasteiger partial charge in [0.1, 0.15) is 0 Å². The van der Waals surface area contributed by atoms with Gasteiger partial charge in [-0.1, -0.05) is 0 Å². The van der Waals surface area contributed by atoms with Crippen LogP contribution in [-0.4, -0.2) is 17.6 Å². The van der Waals surface area contributed by atoms with Crippen LogP contribution in [-0.2, 0) is 11.3 Å². The van der Waals surface area contributed by atoms with E-state index in [2.05, 4.69) is 10.7 Å². The van der Waals surface area contributed by atoms with E-state index in [9.17, 15) is 4.79 Å².